The van der Waals surface area contributed by atoms with Crippen molar-refractivity contribution in [3.8, 4) is 85.9 Å². The molecule has 47 heteroatoms. The number of nitrogens with one attached hydrogen (secondary N) is 8. The van der Waals surface area contributed by atoms with Crippen LogP contribution in [0.2, 0.25) is 10.0 Å². The second-order valence-corrected chi connectivity index (χ2v) is 32.7. The van der Waals surface area contributed by atoms with Gasteiger partial charge < -0.3 is 172 Å². The lowest BCUT2D eigenvalue weighted by molar-refractivity contribution is -0.284. The molecular formula is C86H84Cl2F3N9O33. The molecule has 9 aliphatic heterocycles. The fraction of sp³-hybridized carbons (Fsp3) is 0.349. The number of aromatic hydroxyl groups is 4. The highest BCUT2D eigenvalue weighted by atomic mass is 35.5. The number of nitrogens with two attached hydrogens (primary N) is 1. The van der Waals surface area contributed by atoms with E-state index in [0.29, 0.717) is 0 Å². The summed E-state index contributed by atoms with van der Waals surface area (Å²) in [6.45, 7) is -2.69. The Kier molecular flexibility index (Phi) is 27.7. The van der Waals surface area contributed by atoms with E-state index in [1.54, 1.807) is 0 Å². The number of aliphatic carboxylic acids is 1. The van der Waals surface area contributed by atoms with Gasteiger partial charge >= 0.3 is 12.3 Å². The van der Waals surface area contributed by atoms with Crippen molar-refractivity contribution in [1.82, 2.24) is 42.5 Å². The predicted molar refractivity (Wildman–Crippen MR) is 442 cm³/mol. The van der Waals surface area contributed by atoms with Crippen LogP contribution in [0.1, 0.15) is 87.7 Å². The number of carbonyl (C=O) groups is 8. The molecule has 0 radical (unpaired) electrons. The Morgan fingerprint density at radius 1 is 0.511 bits per heavy atom. The number of phenolic OH excluding ortho intramolecular Hbond substituents is 4. The van der Waals surface area contributed by atoms with Crippen LogP contribution in [0.3, 0.4) is 0 Å². The zero-order valence-corrected chi connectivity index (χ0v) is 70.1. The maximum atomic E-state index is 17.0. The lowest BCUT2D eigenvalue weighted by atomic mass is 9.89. The van der Waals surface area contributed by atoms with E-state index in [2.05, 4.69) is 47.3 Å². The zero-order valence-electron chi connectivity index (χ0n) is 68.6. The van der Waals surface area contributed by atoms with Crippen LogP contribution in [-0.2, 0) is 70.3 Å². The molecule has 25 N–H and O–H groups in total. The number of aliphatic hydroxyl groups is 10. The average Bonchev–Trinajstić information content (AvgIpc) is 0.760. The fourth-order valence-electron chi connectivity index (χ4n) is 16.1. The first-order valence-electron chi connectivity index (χ1n) is 40.6. The monoisotopic (exact) mass is 1900 g/mol. The second-order valence-electron chi connectivity index (χ2n) is 31.8. The van der Waals surface area contributed by atoms with E-state index < -0.39 is 328 Å². The van der Waals surface area contributed by atoms with Crippen LogP contribution in [0.5, 0.6) is 74.7 Å². The molecule has 9 aliphatic rings. The molecule has 9 heterocycles. The molecule has 0 unspecified atom stereocenters. The van der Waals surface area contributed by atoms with Gasteiger partial charge in [-0.1, -0.05) is 59.6 Å². The SMILES string of the molecule is CC(=O)N[C@H]1[C@H](O[C@@H]2c3ccc(c(Cl)c3)Oc3cc4cc(c3O[C@@H]3O[C@H](CO)[C@@H](O)[C@H](O)[C@H]3NCc3ccc(OC(F)(F)F)cc3)Oc3ccc(cc3Cl)C[C@H]3NC(=O)[C@@H](N)c5ccc(O)c(c5)Oc5cc(O)cc(c5)[C@H](NC3=O)C(=O)N[C@H]4C(=O)N[C@H]3C(=O)N[C@@H]2C(=O)N[C@H](C(=O)O)c2cc(O)cc(O[C@H]4O[C@H](CO)[C@@H](O)[C@H](O)[C@@H]4O)c2-c2cc3ccc2O)O[C@H](CO)[C@@H](O)[C@@H]1O. The van der Waals surface area contributed by atoms with E-state index in [-0.39, 0.29) is 39.0 Å². The molecule has 133 heavy (non-hydrogen) atoms. The quantitative estimate of drug-likeness (QED) is 0.0668. The van der Waals surface area contributed by atoms with Crippen molar-refractivity contribution in [2.24, 2.45) is 5.73 Å². The van der Waals surface area contributed by atoms with Crippen molar-refractivity contribution >= 4 is 70.5 Å². The summed E-state index contributed by atoms with van der Waals surface area (Å²) in [5, 5.41) is 190. The number of hydrogen-bond acceptors (Lipinski definition) is 34. The maximum absolute atomic E-state index is 17.0. The molecule has 3 fully saturated rings. The van der Waals surface area contributed by atoms with E-state index in [9.17, 15) is 104 Å². The number of carboxylic acid groups (broad SMARTS) is 1. The van der Waals surface area contributed by atoms with Crippen molar-refractivity contribution in [2.45, 2.75) is 167 Å². The summed E-state index contributed by atoms with van der Waals surface area (Å²) in [7, 11) is 0. The number of amides is 7. The smallest absolute Gasteiger partial charge is 0.508 e. The number of benzene rings is 8. The average molecular weight is 1900 g/mol. The van der Waals surface area contributed by atoms with Gasteiger partial charge in [0.25, 0.3) is 0 Å². The molecule has 42 nitrogen and oxygen atoms in total. The van der Waals surface area contributed by atoms with Crippen molar-refractivity contribution in [2.75, 3.05) is 19.8 Å². The number of carbonyl (C=O) groups excluding carboxylic acids is 7. The molecule has 706 valence electrons. The molecule has 0 saturated carbocycles. The van der Waals surface area contributed by atoms with Crippen molar-refractivity contribution in [1.29, 1.82) is 0 Å². The molecule has 0 aliphatic carbocycles. The van der Waals surface area contributed by atoms with E-state index in [1.165, 1.54) is 42.5 Å². The van der Waals surface area contributed by atoms with Gasteiger partial charge in [0, 0.05) is 48.7 Å². The van der Waals surface area contributed by atoms with Gasteiger partial charge in [0.1, 0.15) is 155 Å². The van der Waals surface area contributed by atoms with Gasteiger partial charge in [0.05, 0.1) is 35.9 Å². The minimum atomic E-state index is -5.11. The molecular weight excluding hydrogens is 1810 g/mol. The van der Waals surface area contributed by atoms with Crippen LogP contribution in [0.25, 0.3) is 11.1 Å². The Morgan fingerprint density at radius 2 is 1.07 bits per heavy atom. The number of hydrogen-bond donors (Lipinski definition) is 24. The second kappa shape index (κ2) is 38.8. The number of phenols is 4. The molecule has 7 amide bonds. The van der Waals surface area contributed by atoms with Crippen molar-refractivity contribution in [3.05, 3.63) is 194 Å². The van der Waals surface area contributed by atoms with Crippen molar-refractivity contribution in [3.63, 3.8) is 0 Å². The fourth-order valence-corrected chi connectivity index (χ4v) is 16.6. The number of ether oxygens (including phenoxy) is 10. The number of alkyl halides is 3. The number of carboxylic acids is 1. The van der Waals surface area contributed by atoms with Gasteiger partial charge in [-0.15, -0.1) is 13.2 Å². The summed E-state index contributed by atoms with van der Waals surface area (Å²) in [5.74, 6) is -20.1. The third kappa shape index (κ3) is 20.1. The van der Waals surface area contributed by atoms with Gasteiger partial charge in [-0.3, -0.25) is 33.6 Å². The first-order chi connectivity index (χ1) is 63.2. The lowest BCUT2D eigenvalue weighted by Crippen LogP contribution is -2.65. The van der Waals surface area contributed by atoms with Gasteiger partial charge in [-0.25, -0.2) is 4.79 Å². The van der Waals surface area contributed by atoms with Gasteiger partial charge in [-0.05, 0) is 130 Å². The summed E-state index contributed by atoms with van der Waals surface area (Å²) < 4.78 is 102. The van der Waals surface area contributed by atoms with Gasteiger partial charge in [0.15, 0.2) is 35.3 Å². The summed E-state index contributed by atoms with van der Waals surface area (Å²) >= 11 is 14.7. The molecule has 3 saturated heterocycles. The standard InChI is InChI=1S/C86H84Cl2F3N9O33/c1-30(104)94-65-71(113)68(110)56(28-102)129-84(65)131-74-35-7-13-50(45(88)19-35)126-54-22-37-21-53(75(54)132-83-64(70(112)67(109)55(27-101)128-83)93-26-31-2-8-40(9-3-31)133-86(89,90)91)125-49-12-4-32(14-44(49)87)15-46-76(116)96-61(36-16-38(105)23-41(17-36)124-51-20-33(5-11-48(51)108)59(92)77(117)95-46)79(119)98-62(37)80(120)97-60-34-6-10-47(107)42(18-34)58-43(63(82(122)123)99-81(121)66(74)100-78(60)118)24-39(106)25-52(58)127-85-73(115)72(114)69(111)57(29-103)130-85/h2-14,16-25,46,55-57,59-74,83-85,93,101-103,105-115H,15,26-29,92H2,1H3,(H,94,104)(H,95,117)(H,96,116)(H,97,120)(H,98,119)(H,99,121)(H,100,118)(H,122,123)/t46-,55-,56-,57-,59+,60-,61+,62-,63+,64-,65-,66+,67-,68-,69-,70-,71-,72+,73+,74-,83+,84+,85+/m1/s1. The third-order valence-corrected chi connectivity index (χ3v) is 23.4. The number of rotatable bonds is 15. The molecule has 0 aromatic heterocycles. The van der Waals surface area contributed by atoms with Crippen LogP contribution in [0.15, 0.2) is 140 Å². The molecule has 0 spiro atoms. The van der Waals surface area contributed by atoms with E-state index in [0.717, 1.165) is 104 Å². The third-order valence-electron chi connectivity index (χ3n) is 22.8. The minimum Gasteiger partial charge on any atom is -0.508 e. The van der Waals surface area contributed by atoms with E-state index in [1.807, 2.05) is 0 Å². The highest BCUT2D eigenvalue weighted by Gasteiger charge is 2.52. The van der Waals surface area contributed by atoms with Gasteiger partial charge in [-0.2, -0.15) is 0 Å². The largest absolute Gasteiger partial charge is 0.573 e. The Morgan fingerprint density at radius 3 is 1.69 bits per heavy atom. The zero-order chi connectivity index (χ0) is 95.4. The van der Waals surface area contributed by atoms with E-state index in [4.69, 9.17) is 71.6 Å². The Balaban J connectivity index is 0.993. The first kappa shape index (κ1) is 94.9. The van der Waals surface area contributed by atoms with Crippen LogP contribution in [0.4, 0.5) is 13.2 Å². The summed E-state index contributed by atoms with van der Waals surface area (Å²) in [4.78, 5) is 124. The maximum Gasteiger partial charge on any atom is 0.573 e. The first-order valence-corrected chi connectivity index (χ1v) is 41.3. The minimum absolute atomic E-state index is 0.00395. The molecule has 8 aromatic carbocycles. The predicted octanol–water partition coefficient (Wildman–Crippen LogP) is 0.595. The summed E-state index contributed by atoms with van der Waals surface area (Å²) in [6.07, 6.45) is -34.7. The number of aliphatic hydroxyl groups excluding tert-OH is 10. The Bertz CT molecular complexity index is 5830. The number of halogens is 5. The molecule has 17 rings (SSSR count). The van der Waals surface area contributed by atoms with Crippen molar-refractivity contribution < 1.29 is 175 Å². The topological polar surface area (TPSA) is 655 Å². The van der Waals surface area contributed by atoms with Gasteiger partial charge in [0.2, 0.25) is 59.7 Å². The molecule has 17 bridgehead atoms. The van der Waals surface area contributed by atoms with Crippen LogP contribution < -0.4 is 76.7 Å². The normalized spacial score (nSPS) is 28.9. The van der Waals surface area contributed by atoms with Crippen LogP contribution in [0, 0.1) is 0 Å². The van der Waals surface area contributed by atoms with Crippen LogP contribution in [-0.4, -0.2) is 254 Å². The lowest BCUT2D eigenvalue weighted by Gasteiger charge is -2.44. The Labute approximate surface area is 757 Å². The summed E-state index contributed by atoms with van der Waals surface area (Å²) in [5.41, 5.74) is 2.70. The summed E-state index contributed by atoms with van der Waals surface area (Å²) in [6, 6.07) is 4.23. The van der Waals surface area contributed by atoms with E-state index >= 15 is 24.0 Å². The number of fused-ring (bicyclic) bond motifs is 14. The van der Waals surface area contributed by atoms with Crippen LogP contribution >= 0.6 is 23.2 Å². The highest BCUT2D eigenvalue weighted by Crippen LogP contribution is 2.51. The highest BCUT2D eigenvalue weighted by molar-refractivity contribution is 6.32. The Hall–Kier alpha value is -12.7. The molecule has 23 atom stereocenters. The molecule has 8 aromatic rings.